The summed E-state index contributed by atoms with van der Waals surface area (Å²) in [6.07, 6.45) is 4.03. The number of carboxylic acid groups (broad SMARTS) is 1. The SMILES string of the molecule is Cn1cc(N(C=O)c2ccc(Cn3nc(CC(=O)O)c4ccccc43)cc2)cn1. The van der Waals surface area contributed by atoms with Crippen LogP contribution in [0.4, 0.5) is 11.4 Å². The summed E-state index contributed by atoms with van der Waals surface area (Å²) in [7, 11) is 1.79. The first-order chi connectivity index (χ1) is 14.0. The van der Waals surface area contributed by atoms with Gasteiger partial charge in [-0.1, -0.05) is 30.3 Å². The van der Waals surface area contributed by atoms with Crippen LogP contribution in [0.25, 0.3) is 10.9 Å². The fourth-order valence-electron chi connectivity index (χ4n) is 3.33. The van der Waals surface area contributed by atoms with Gasteiger partial charge in [0.15, 0.2) is 0 Å². The van der Waals surface area contributed by atoms with Crippen molar-refractivity contribution in [3.05, 3.63) is 72.2 Å². The third kappa shape index (κ3) is 3.73. The average molecular weight is 389 g/mol. The molecule has 1 N–H and O–H groups in total. The van der Waals surface area contributed by atoms with E-state index in [-0.39, 0.29) is 6.42 Å². The van der Waals surface area contributed by atoms with Gasteiger partial charge in [0.25, 0.3) is 0 Å². The first-order valence-corrected chi connectivity index (χ1v) is 9.03. The van der Waals surface area contributed by atoms with Gasteiger partial charge in [0.2, 0.25) is 6.41 Å². The van der Waals surface area contributed by atoms with E-state index in [2.05, 4.69) is 10.2 Å². The number of carboxylic acids is 1. The molecule has 0 aliphatic heterocycles. The highest BCUT2D eigenvalue weighted by Crippen LogP contribution is 2.24. The lowest BCUT2D eigenvalue weighted by Crippen LogP contribution is -2.13. The monoisotopic (exact) mass is 389 g/mol. The molecule has 0 saturated heterocycles. The zero-order valence-corrected chi connectivity index (χ0v) is 15.8. The summed E-state index contributed by atoms with van der Waals surface area (Å²) in [5.41, 5.74) is 3.84. The van der Waals surface area contributed by atoms with Crippen LogP contribution in [0.2, 0.25) is 0 Å². The summed E-state index contributed by atoms with van der Waals surface area (Å²) < 4.78 is 3.44. The molecule has 8 heteroatoms. The van der Waals surface area contributed by atoms with Crippen molar-refractivity contribution in [3.63, 3.8) is 0 Å². The van der Waals surface area contributed by atoms with Gasteiger partial charge in [0.1, 0.15) is 0 Å². The maximum absolute atomic E-state index is 11.6. The third-order valence-electron chi connectivity index (χ3n) is 4.67. The van der Waals surface area contributed by atoms with E-state index in [9.17, 15) is 9.59 Å². The van der Waals surface area contributed by atoms with Crippen molar-refractivity contribution < 1.29 is 14.7 Å². The number of aryl methyl sites for hydroxylation is 1. The van der Waals surface area contributed by atoms with Crippen LogP contribution in [-0.2, 0) is 29.6 Å². The Hall–Kier alpha value is -3.94. The quantitative estimate of drug-likeness (QED) is 0.491. The normalized spacial score (nSPS) is 10.9. The summed E-state index contributed by atoms with van der Waals surface area (Å²) in [6, 6.07) is 15.2. The van der Waals surface area contributed by atoms with Gasteiger partial charge < -0.3 is 5.11 Å². The Labute approximate surface area is 166 Å². The molecule has 0 saturated carbocycles. The first-order valence-electron chi connectivity index (χ1n) is 9.03. The van der Waals surface area contributed by atoms with Crippen LogP contribution >= 0.6 is 0 Å². The van der Waals surface area contributed by atoms with Crippen molar-refractivity contribution in [2.24, 2.45) is 7.05 Å². The van der Waals surface area contributed by atoms with Crippen molar-refractivity contribution in [2.75, 3.05) is 4.90 Å². The minimum atomic E-state index is -0.908. The molecule has 0 aliphatic carbocycles. The van der Waals surface area contributed by atoms with Gasteiger partial charge in [0, 0.05) is 24.3 Å². The predicted octanol–water partition coefficient (Wildman–Crippen LogP) is 2.74. The Bertz CT molecular complexity index is 1180. The topological polar surface area (TPSA) is 93.2 Å². The van der Waals surface area contributed by atoms with E-state index >= 15 is 0 Å². The molecule has 2 aromatic heterocycles. The van der Waals surface area contributed by atoms with Crippen LogP contribution in [0.3, 0.4) is 0 Å². The van der Waals surface area contributed by atoms with Crippen LogP contribution in [0.5, 0.6) is 0 Å². The molecule has 146 valence electrons. The number of benzene rings is 2. The molecule has 0 aliphatic rings. The maximum atomic E-state index is 11.6. The zero-order valence-electron chi connectivity index (χ0n) is 15.8. The largest absolute Gasteiger partial charge is 0.481 e. The minimum absolute atomic E-state index is 0.119. The molecule has 1 amide bonds. The van der Waals surface area contributed by atoms with Gasteiger partial charge >= 0.3 is 5.97 Å². The summed E-state index contributed by atoms with van der Waals surface area (Å²) in [5, 5.41) is 18.6. The Balaban J connectivity index is 1.61. The maximum Gasteiger partial charge on any atom is 0.309 e. The molecule has 0 spiro atoms. The molecular weight excluding hydrogens is 370 g/mol. The van der Waals surface area contributed by atoms with Crippen molar-refractivity contribution in [1.82, 2.24) is 19.6 Å². The van der Waals surface area contributed by atoms with E-state index in [0.717, 1.165) is 28.6 Å². The number of anilines is 2. The number of rotatable bonds is 7. The van der Waals surface area contributed by atoms with Crippen molar-refractivity contribution in [3.8, 4) is 0 Å². The number of hydrogen-bond acceptors (Lipinski definition) is 4. The van der Waals surface area contributed by atoms with E-state index in [1.54, 1.807) is 28.8 Å². The van der Waals surface area contributed by atoms with Gasteiger partial charge in [-0.15, -0.1) is 0 Å². The number of amides is 1. The molecule has 0 radical (unpaired) electrons. The number of carbonyl (C=O) groups is 2. The van der Waals surface area contributed by atoms with Crippen molar-refractivity contribution in [1.29, 1.82) is 0 Å². The lowest BCUT2D eigenvalue weighted by molar-refractivity contribution is -0.136. The van der Waals surface area contributed by atoms with Crippen LogP contribution in [-0.4, -0.2) is 37.0 Å². The van der Waals surface area contributed by atoms with E-state index in [1.807, 2.05) is 48.5 Å². The van der Waals surface area contributed by atoms with Crippen LogP contribution in [0.1, 0.15) is 11.3 Å². The highest BCUT2D eigenvalue weighted by molar-refractivity contribution is 5.86. The Morgan fingerprint density at radius 3 is 2.55 bits per heavy atom. The van der Waals surface area contributed by atoms with Gasteiger partial charge in [-0.2, -0.15) is 10.2 Å². The summed E-state index contributed by atoms with van der Waals surface area (Å²) in [4.78, 5) is 24.2. The van der Waals surface area contributed by atoms with E-state index in [1.165, 1.54) is 4.90 Å². The molecule has 0 bridgehead atoms. The Morgan fingerprint density at radius 2 is 1.90 bits per heavy atom. The van der Waals surface area contributed by atoms with Gasteiger partial charge in [-0.05, 0) is 23.8 Å². The van der Waals surface area contributed by atoms with Crippen LogP contribution < -0.4 is 4.90 Å². The fraction of sp³-hybridized carbons (Fsp3) is 0.143. The van der Waals surface area contributed by atoms with Crippen molar-refractivity contribution >= 4 is 34.7 Å². The Morgan fingerprint density at radius 1 is 1.14 bits per heavy atom. The molecule has 8 nitrogen and oxygen atoms in total. The number of aliphatic carboxylic acids is 1. The van der Waals surface area contributed by atoms with Crippen molar-refractivity contribution in [2.45, 2.75) is 13.0 Å². The van der Waals surface area contributed by atoms with E-state index in [4.69, 9.17) is 5.11 Å². The van der Waals surface area contributed by atoms with Gasteiger partial charge in [0.05, 0.1) is 36.1 Å². The second-order valence-corrected chi connectivity index (χ2v) is 6.71. The van der Waals surface area contributed by atoms with E-state index in [0.29, 0.717) is 17.9 Å². The van der Waals surface area contributed by atoms with Crippen LogP contribution in [0.15, 0.2) is 60.9 Å². The highest BCUT2D eigenvalue weighted by atomic mass is 16.4. The minimum Gasteiger partial charge on any atom is -0.481 e. The molecule has 4 rings (SSSR count). The van der Waals surface area contributed by atoms with Gasteiger partial charge in [-0.25, -0.2) is 0 Å². The molecule has 2 aromatic carbocycles. The predicted molar refractivity (Wildman–Crippen MR) is 108 cm³/mol. The summed E-state index contributed by atoms with van der Waals surface area (Å²) >= 11 is 0. The summed E-state index contributed by atoms with van der Waals surface area (Å²) in [5.74, 6) is -0.908. The second-order valence-electron chi connectivity index (χ2n) is 6.71. The average Bonchev–Trinajstić information content (AvgIpc) is 3.28. The smallest absolute Gasteiger partial charge is 0.309 e. The lowest BCUT2D eigenvalue weighted by Gasteiger charge is -2.15. The van der Waals surface area contributed by atoms with Crippen LogP contribution in [0, 0.1) is 0 Å². The first kappa shape index (κ1) is 18.4. The number of para-hydroxylation sites is 1. The molecule has 29 heavy (non-hydrogen) atoms. The molecule has 0 fully saturated rings. The number of hydrogen-bond donors (Lipinski definition) is 1. The molecule has 4 aromatic rings. The molecule has 2 heterocycles. The number of carbonyl (C=O) groups excluding carboxylic acids is 1. The number of fused-ring (bicyclic) bond motifs is 1. The fourth-order valence-corrected chi connectivity index (χ4v) is 3.33. The second kappa shape index (κ2) is 7.59. The van der Waals surface area contributed by atoms with E-state index < -0.39 is 5.97 Å². The molecular formula is C21H19N5O3. The Kier molecular flexibility index (Phi) is 4.82. The zero-order chi connectivity index (χ0) is 20.4. The lowest BCUT2D eigenvalue weighted by atomic mass is 10.1. The number of aromatic nitrogens is 4. The number of nitrogens with zero attached hydrogens (tertiary/aromatic N) is 5. The standard InChI is InChI=1S/C21H19N5O3/c1-24-13-17(11-22-24)25(14-27)16-8-6-15(7-9-16)12-26-20-5-3-2-4-18(20)19(23-26)10-21(28)29/h2-9,11,13-14H,10,12H2,1H3,(H,28,29). The highest BCUT2D eigenvalue weighted by Gasteiger charge is 2.14. The van der Waals surface area contributed by atoms with Gasteiger partial charge in [-0.3, -0.25) is 23.9 Å². The summed E-state index contributed by atoms with van der Waals surface area (Å²) in [6.45, 7) is 0.494. The third-order valence-corrected chi connectivity index (χ3v) is 4.67. The molecule has 0 atom stereocenters. The molecule has 0 unspecified atom stereocenters.